The number of amides is 2. The number of likely N-dealkylation sites (tertiary alicyclic amines) is 1. The fourth-order valence-electron chi connectivity index (χ4n) is 4.01. The Hall–Kier alpha value is -2.57. The number of sulfonamides is 1. The quantitative estimate of drug-likeness (QED) is 0.260. The molecule has 2 aromatic carbocycles. The van der Waals surface area contributed by atoms with E-state index in [1.165, 1.54) is 17.8 Å². The summed E-state index contributed by atoms with van der Waals surface area (Å²) >= 11 is 14.0. The van der Waals surface area contributed by atoms with Crippen LogP contribution in [-0.2, 0) is 30.2 Å². The topological polar surface area (TPSA) is 133 Å². The molecule has 9 nitrogen and oxygen atoms in total. The van der Waals surface area contributed by atoms with Crippen LogP contribution in [0.25, 0.3) is 6.08 Å². The number of aliphatic carboxylic acids is 1. The van der Waals surface area contributed by atoms with Crippen molar-refractivity contribution in [1.29, 1.82) is 0 Å². The maximum absolute atomic E-state index is 12.7. The van der Waals surface area contributed by atoms with E-state index < -0.39 is 40.4 Å². The predicted octanol–water partition coefficient (Wildman–Crippen LogP) is 3.66. The first-order valence-electron chi connectivity index (χ1n) is 12.0. The van der Waals surface area contributed by atoms with Crippen LogP contribution in [0.1, 0.15) is 24.0 Å². The van der Waals surface area contributed by atoms with Gasteiger partial charge in [-0.2, -0.15) is 0 Å². The molecule has 0 unspecified atom stereocenters. The number of nitrogens with zero attached hydrogens (tertiary/aromatic N) is 1. The number of rotatable bonds is 11. The summed E-state index contributed by atoms with van der Waals surface area (Å²) in [5, 5.41) is 12.7. The van der Waals surface area contributed by atoms with Crippen LogP contribution in [0.5, 0.6) is 0 Å². The second-order valence-electron chi connectivity index (χ2n) is 8.91. The molecule has 0 aliphatic carbocycles. The van der Waals surface area contributed by atoms with Crippen molar-refractivity contribution in [2.75, 3.05) is 25.9 Å². The lowest BCUT2D eigenvalue weighted by Crippen LogP contribution is -2.51. The van der Waals surface area contributed by atoms with Crippen molar-refractivity contribution in [1.82, 2.24) is 14.9 Å². The van der Waals surface area contributed by atoms with Crippen molar-refractivity contribution < 1.29 is 27.9 Å². The standard InChI is InChI=1S/C26H29Cl2N3O6S2/c1-38-21-9-7-18(23(27)24(21)28)8-10-22(32)31-13-11-19(12-14-31)25(33)30-20(26(34)35)15-29-39(36,37)16-17-5-3-2-4-6-17/h2-10,19-20,29H,11-16H2,1H3,(H,30,33)(H,34,35)/t20-/m0/s1. The molecule has 210 valence electrons. The van der Waals surface area contributed by atoms with Crippen molar-refractivity contribution in [3.8, 4) is 0 Å². The Morgan fingerprint density at radius 1 is 1.10 bits per heavy atom. The molecule has 1 fully saturated rings. The number of carboxylic acid groups (broad SMARTS) is 1. The maximum Gasteiger partial charge on any atom is 0.327 e. The minimum absolute atomic E-state index is 0.244. The summed E-state index contributed by atoms with van der Waals surface area (Å²) in [6.45, 7) is 0.133. The SMILES string of the molecule is CSc1ccc(C=CC(=O)N2CCC(C(=O)N[C@@H](CNS(=O)(=O)Cc3ccccc3)C(=O)O)CC2)c(Cl)c1Cl. The van der Waals surface area contributed by atoms with Gasteiger partial charge >= 0.3 is 5.97 Å². The van der Waals surface area contributed by atoms with Gasteiger partial charge in [0.05, 0.1) is 15.8 Å². The highest BCUT2D eigenvalue weighted by molar-refractivity contribution is 7.98. The number of hydrogen-bond acceptors (Lipinski definition) is 6. The molecule has 2 amide bonds. The lowest BCUT2D eigenvalue weighted by molar-refractivity contribution is -0.142. The van der Waals surface area contributed by atoms with E-state index in [4.69, 9.17) is 23.2 Å². The fraction of sp³-hybridized carbons (Fsp3) is 0.346. The highest BCUT2D eigenvalue weighted by atomic mass is 35.5. The number of carbonyl (C=O) groups is 3. The third-order valence-electron chi connectivity index (χ3n) is 6.20. The first kappa shape index (κ1) is 31.0. The zero-order chi connectivity index (χ0) is 28.6. The summed E-state index contributed by atoms with van der Waals surface area (Å²) in [5.41, 5.74) is 1.17. The van der Waals surface area contributed by atoms with E-state index in [1.807, 2.05) is 12.3 Å². The van der Waals surface area contributed by atoms with E-state index in [9.17, 15) is 27.9 Å². The molecular formula is C26H29Cl2N3O6S2. The van der Waals surface area contributed by atoms with Crippen LogP contribution >= 0.6 is 35.0 Å². The molecule has 1 atom stereocenters. The minimum atomic E-state index is -3.81. The van der Waals surface area contributed by atoms with Gasteiger partial charge in [0.2, 0.25) is 21.8 Å². The Kier molecular flexibility index (Phi) is 11.3. The van der Waals surface area contributed by atoms with Crippen molar-refractivity contribution in [2.24, 2.45) is 5.92 Å². The molecule has 3 N–H and O–H groups in total. The van der Waals surface area contributed by atoms with Gasteiger partial charge in [0, 0.05) is 36.5 Å². The average Bonchev–Trinajstić information content (AvgIpc) is 2.91. The number of benzene rings is 2. The van der Waals surface area contributed by atoms with Crippen molar-refractivity contribution in [3.05, 3.63) is 69.7 Å². The number of hydrogen-bond donors (Lipinski definition) is 3. The highest BCUT2D eigenvalue weighted by Crippen LogP contribution is 2.35. The van der Waals surface area contributed by atoms with Gasteiger partial charge in [-0.1, -0.05) is 59.6 Å². The molecular weight excluding hydrogens is 585 g/mol. The molecule has 3 rings (SSSR count). The summed E-state index contributed by atoms with van der Waals surface area (Å²) in [6, 6.07) is 10.6. The monoisotopic (exact) mass is 613 g/mol. The Morgan fingerprint density at radius 2 is 1.77 bits per heavy atom. The van der Waals surface area contributed by atoms with E-state index in [2.05, 4.69) is 10.0 Å². The Bertz CT molecular complexity index is 1330. The van der Waals surface area contributed by atoms with Crippen molar-refractivity contribution in [2.45, 2.75) is 29.5 Å². The molecule has 1 aliphatic rings. The second-order valence-corrected chi connectivity index (χ2v) is 12.3. The highest BCUT2D eigenvalue weighted by Gasteiger charge is 2.30. The zero-order valence-electron chi connectivity index (χ0n) is 21.1. The zero-order valence-corrected chi connectivity index (χ0v) is 24.2. The molecule has 1 heterocycles. The van der Waals surface area contributed by atoms with Crippen LogP contribution < -0.4 is 10.0 Å². The summed E-state index contributed by atoms with van der Waals surface area (Å²) in [5.74, 6) is -2.91. The van der Waals surface area contributed by atoms with Crippen LogP contribution in [0, 0.1) is 5.92 Å². The van der Waals surface area contributed by atoms with Gasteiger partial charge < -0.3 is 15.3 Å². The molecule has 0 saturated carbocycles. The van der Waals surface area contributed by atoms with Crippen molar-refractivity contribution in [3.63, 3.8) is 0 Å². The number of thioether (sulfide) groups is 1. The number of nitrogens with one attached hydrogen (secondary N) is 2. The normalized spacial score (nSPS) is 15.3. The lowest BCUT2D eigenvalue weighted by atomic mass is 9.95. The molecule has 0 radical (unpaired) electrons. The number of piperidine rings is 1. The van der Waals surface area contributed by atoms with Crippen LogP contribution in [0.15, 0.2) is 53.4 Å². The second kappa shape index (κ2) is 14.2. The van der Waals surface area contributed by atoms with Gasteiger partial charge in [-0.25, -0.2) is 17.9 Å². The summed E-state index contributed by atoms with van der Waals surface area (Å²) in [7, 11) is -3.81. The molecule has 1 aliphatic heterocycles. The van der Waals surface area contributed by atoms with E-state index in [1.54, 1.807) is 47.4 Å². The Morgan fingerprint density at radius 3 is 2.38 bits per heavy atom. The molecule has 0 bridgehead atoms. The van der Waals surface area contributed by atoms with E-state index in [0.29, 0.717) is 47.1 Å². The number of halogens is 2. The predicted molar refractivity (Wildman–Crippen MR) is 153 cm³/mol. The number of carboxylic acids is 1. The third-order valence-corrected chi connectivity index (χ3v) is 9.31. The first-order valence-corrected chi connectivity index (χ1v) is 15.7. The average molecular weight is 615 g/mol. The van der Waals surface area contributed by atoms with Gasteiger partial charge in [0.1, 0.15) is 6.04 Å². The molecule has 13 heteroatoms. The molecule has 1 saturated heterocycles. The summed E-state index contributed by atoms with van der Waals surface area (Å²) < 4.78 is 27.0. The minimum Gasteiger partial charge on any atom is -0.480 e. The third kappa shape index (κ3) is 8.97. The largest absolute Gasteiger partial charge is 0.480 e. The van der Waals surface area contributed by atoms with Gasteiger partial charge in [0.15, 0.2) is 0 Å². The molecule has 39 heavy (non-hydrogen) atoms. The van der Waals surface area contributed by atoms with E-state index >= 15 is 0 Å². The summed E-state index contributed by atoms with van der Waals surface area (Å²) in [6.07, 6.45) is 5.56. The van der Waals surface area contributed by atoms with Gasteiger partial charge in [-0.15, -0.1) is 11.8 Å². The lowest BCUT2D eigenvalue weighted by Gasteiger charge is -2.31. The van der Waals surface area contributed by atoms with E-state index in [0.717, 1.165) is 4.90 Å². The fourth-order valence-corrected chi connectivity index (χ4v) is 6.33. The van der Waals surface area contributed by atoms with E-state index in [-0.39, 0.29) is 11.7 Å². The van der Waals surface area contributed by atoms with Crippen LogP contribution in [0.4, 0.5) is 0 Å². The van der Waals surface area contributed by atoms with Crippen LogP contribution in [0.3, 0.4) is 0 Å². The Balaban J connectivity index is 1.50. The van der Waals surface area contributed by atoms with Gasteiger partial charge in [-0.05, 0) is 42.4 Å². The first-order chi connectivity index (χ1) is 18.5. The van der Waals surface area contributed by atoms with Gasteiger partial charge in [0.25, 0.3) is 0 Å². The van der Waals surface area contributed by atoms with Gasteiger partial charge in [-0.3, -0.25) is 9.59 Å². The Labute approximate surface area is 242 Å². The van der Waals surface area contributed by atoms with Crippen molar-refractivity contribution >= 4 is 68.8 Å². The van der Waals surface area contributed by atoms with Crippen LogP contribution in [0.2, 0.25) is 10.0 Å². The van der Waals surface area contributed by atoms with Crippen LogP contribution in [-0.4, -0.2) is 68.1 Å². The molecule has 2 aromatic rings. The molecule has 0 spiro atoms. The molecule has 0 aromatic heterocycles. The smallest absolute Gasteiger partial charge is 0.327 e. The number of carbonyl (C=O) groups excluding carboxylic acids is 2. The maximum atomic E-state index is 12.7. The summed E-state index contributed by atoms with van der Waals surface area (Å²) in [4.78, 5) is 39.5.